The first-order valence-corrected chi connectivity index (χ1v) is 9.10. The van der Waals surface area contributed by atoms with Crippen LogP contribution in [0.1, 0.15) is 12.8 Å². The smallest absolute Gasteiger partial charge is 0.259 e. The number of anilines is 1. The zero-order chi connectivity index (χ0) is 18.1. The lowest BCUT2D eigenvalue weighted by atomic mass is 10.1. The Bertz CT molecular complexity index is 1010. The van der Waals surface area contributed by atoms with Crippen LogP contribution in [-0.4, -0.2) is 33.7 Å². The average Bonchev–Trinajstić information content (AvgIpc) is 2.66. The van der Waals surface area contributed by atoms with E-state index in [0.717, 1.165) is 31.3 Å². The highest BCUT2D eigenvalue weighted by Gasteiger charge is 2.16. The van der Waals surface area contributed by atoms with Gasteiger partial charge in [0.25, 0.3) is 5.56 Å². The van der Waals surface area contributed by atoms with Gasteiger partial charge >= 0.3 is 0 Å². The molecule has 0 amide bonds. The number of nitrogens with one attached hydrogen (secondary N) is 2. The molecular formula is C19H20ClN5O. The minimum absolute atomic E-state index is 0.128. The summed E-state index contributed by atoms with van der Waals surface area (Å²) in [7, 11) is 1.73. The van der Waals surface area contributed by atoms with Gasteiger partial charge in [-0.25, -0.2) is 4.98 Å². The zero-order valence-electron chi connectivity index (χ0n) is 14.5. The summed E-state index contributed by atoms with van der Waals surface area (Å²) < 4.78 is 1.56. The zero-order valence-corrected chi connectivity index (χ0v) is 15.3. The predicted octanol–water partition coefficient (Wildman–Crippen LogP) is 2.81. The highest BCUT2D eigenvalue weighted by Crippen LogP contribution is 2.27. The topological polar surface area (TPSA) is 71.8 Å². The van der Waals surface area contributed by atoms with Crippen molar-refractivity contribution in [1.29, 1.82) is 0 Å². The van der Waals surface area contributed by atoms with E-state index >= 15 is 0 Å². The van der Waals surface area contributed by atoms with E-state index in [0.29, 0.717) is 33.8 Å². The van der Waals surface area contributed by atoms with Crippen LogP contribution in [0.4, 0.5) is 5.95 Å². The van der Waals surface area contributed by atoms with Crippen LogP contribution in [0.3, 0.4) is 0 Å². The van der Waals surface area contributed by atoms with E-state index in [1.54, 1.807) is 23.9 Å². The molecule has 1 aliphatic heterocycles. The van der Waals surface area contributed by atoms with Crippen LogP contribution in [0, 0.1) is 0 Å². The molecule has 0 spiro atoms. The normalized spacial score (nSPS) is 15.3. The fourth-order valence-corrected chi connectivity index (χ4v) is 3.58. The summed E-state index contributed by atoms with van der Waals surface area (Å²) in [5.74, 6) is 0.560. The Morgan fingerprint density at radius 2 is 2.00 bits per heavy atom. The maximum absolute atomic E-state index is 12.9. The van der Waals surface area contributed by atoms with Gasteiger partial charge in [-0.05, 0) is 38.1 Å². The molecular weight excluding hydrogens is 350 g/mol. The van der Waals surface area contributed by atoms with Gasteiger partial charge in [0.15, 0.2) is 0 Å². The molecule has 0 atom stereocenters. The standard InChI is InChI=1S/C19H20ClN5O/c1-25-17-12(10-15(18(25)26)14-4-2-3-5-16(14)20)11-22-19(24-17)23-13-6-8-21-9-7-13/h2-5,10-11,13,21H,6-9H2,1H3,(H,22,23,24). The fourth-order valence-electron chi connectivity index (χ4n) is 3.34. The van der Waals surface area contributed by atoms with Crippen LogP contribution in [-0.2, 0) is 7.05 Å². The third kappa shape index (κ3) is 3.18. The van der Waals surface area contributed by atoms with Gasteiger partial charge in [-0.2, -0.15) is 4.98 Å². The molecule has 3 heterocycles. The fraction of sp³-hybridized carbons (Fsp3) is 0.316. The number of aromatic nitrogens is 3. The van der Waals surface area contributed by atoms with E-state index in [1.807, 2.05) is 24.3 Å². The van der Waals surface area contributed by atoms with Crippen molar-refractivity contribution in [1.82, 2.24) is 19.9 Å². The van der Waals surface area contributed by atoms with Gasteiger partial charge in [0.05, 0.1) is 0 Å². The number of pyridine rings is 1. The first kappa shape index (κ1) is 17.0. The second kappa shape index (κ2) is 7.05. The first-order valence-electron chi connectivity index (χ1n) is 8.72. The molecule has 6 nitrogen and oxygen atoms in total. The summed E-state index contributed by atoms with van der Waals surface area (Å²) in [6, 6.07) is 9.51. The second-order valence-electron chi connectivity index (χ2n) is 6.54. The number of hydrogen-bond acceptors (Lipinski definition) is 5. The van der Waals surface area contributed by atoms with Crippen LogP contribution in [0.15, 0.2) is 41.3 Å². The van der Waals surface area contributed by atoms with Crippen molar-refractivity contribution in [2.45, 2.75) is 18.9 Å². The average molecular weight is 370 g/mol. The molecule has 2 N–H and O–H groups in total. The Kier molecular flexibility index (Phi) is 4.61. The number of piperidine rings is 1. The number of fused-ring (bicyclic) bond motifs is 1. The minimum atomic E-state index is -0.128. The lowest BCUT2D eigenvalue weighted by molar-refractivity contribution is 0.477. The van der Waals surface area contributed by atoms with Gasteiger partial charge in [-0.3, -0.25) is 9.36 Å². The van der Waals surface area contributed by atoms with Crippen LogP contribution in [0.2, 0.25) is 5.02 Å². The monoisotopic (exact) mass is 369 g/mol. The number of nitrogens with zero attached hydrogens (tertiary/aromatic N) is 3. The van der Waals surface area contributed by atoms with E-state index in [2.05, 4.69) is 20.6 Å². The Morgan fingerprint density at radius 1 is 1.23 bits per heavy atom. The van der Waals surface area contributed by atoms with Gasteiger partial charge in [0.1, 0.15) is 5.65 Å². The third-order valence-electron chi connectivity index (χ3n) is 4.78. The summed E-state index contributed by atoms with van der Waals surface area (Å²) in [6.45, 7) is 1.98. The molecule has 0 aliphatic carbocycles. The third-order valence-corrected chi connectivity index (χ3v) is 5.11. The summed E-state index contributed by atoms with van der Waals surface area (Å²) in [6.07, 6.45) is 3.82. The van der Waals surface area contributed by atoms with Gasteiger partial charge in [0, 0.05) is 40.8 Å². The molecule has 0 saturated carbocycles. The van der Waals surface area contributed by atoms with Crippen molar-refractivity contribution in [3.63, 3.8) is 0 Å². The quantitative estimate of drug-likeness (QED) is 0.742. The number of halogens is 1. The predicted molar refractivity (Wildman–Crippen MR) is 105 cm³/mol. The van der Waals surface area contributed by atoms with E-state index < -0.39 is 0 Å². The molecule has 0 bridgehead atoms. The molecule has 3 aromatic rings. The summed E-state index contributed by atoms with van der Waals surface area (Å²) in [4.78, 5) is 21.9. The molecule has 0 radical (unpaired) electrons. The number of hydrogen-bond donors (Lipinski definition) is 2. The van der Waals surface area contributed by atoms with Crippen molar-refractivity contribution >= 4 is 28.6 Å². The van der Waals surface area contributed by atoms with Crippen molar-refractivity contribution < 1.29 is 0 Å². The molecule has 134 valence electrons. The lowest BCUT2D eigenvalue weighted by Gasteiger charge is -2.23. The highest BCUT2D eigenvalue weighted by molar-refractivity contribution is 6.33. The van der Waals surface area contributed by atoms with Crippen LogP contribution >= 0.6 is 11.6 Å². The minimum Gasteiger partial charge on any atom is -0.351 e. The Balaban J connectivity index is 1.76. The molecule has 2 aromatic heterocycles. The molecule has 1 saturated heterocycles. The Labute approximate surface area is 156 Å². The first-order chi connectivity index (χ1) is 12.6. The van der Waals surface area contributed by atoms with Crippen molar-refractivity contribution in [2.75, 3.05) is 18.4 Å². The highest BCUT2D eigenvalue weighted by atomic mass is 35.5. The van der Waals surface area contributed by atoms with Crippen LogP contribution < -0.4 is 16.2 Å². The van der Waals surface area contributed by atoms with Gasteiger partial charge in [-0.1, -0.05) is 29.8 Å². The Morgan fingerprint density at radius 3 is 2.77 bits per heavy atom. The van der Waals surface area contributed by atoms with Gasteiger partial charge in [-0.15, -0.1) is 0 Å². The van der Waals surface area contributed by atoms with Crippen LogP contribution in [0.25, 0.3) is 22.2 Å². The summed E-state index contributed by atoms with van der Waals surface area (Å²) in [5.41, 5.74) is 1.75. The molecule has 1 aromatic carbocycles. The van der Waals surface area contributed by atoms with Crippen molar-refractivity contribution in [3.05, 3.63) is 51.9 Å². The molecule has 1 aliphatic rings. The maximum Gasteiger partial charge on any atom is 0.259 e. The van der Waals surface area contributed by atoms with Gasteiger partial charge in [0.2, 0.25) is 5.95 Å². The maximum atomic E-state index is 12.9. The largest absolute Gasteiger partial charge is 0.351 e. The van der Waals surface area contributed by atoms with Crippen LogP contribution in [0.5, 0.6) is 0 Å². The molecule has 26 heavy (non-hydrogen) atoms. The SMILES string of the molecule is Cn1c(=O)c(-c2ccccc2Cl)cc2cnc(NC3CCNCC3)nc21. The van der Waals surface area contributed by atoms with E-state index in [9.17, 15) is 4.79 Å². The Hall–Kier alpha value is -2.44. The molecule has 1 fully saturated rings. The van der Waals surface area contributed by atoms with E-state index in [-0.39, 0.29) is 5.56 Å². The van der Waals surface area contributed by atoms with Crippen molar-refractivity contribution in [3.8, 4) is 11.1 Å². The lowest BCUT2D eigenvalue weighted by Crippen LogP contribution is -2.35. The number of rotatable bonds is 3. The van der Waals surface area contributed by atoms with Crippen molar-refractivity contribution in [2.24, 2.45) is 7.05 Å². The molecule has 7 heteroatoms. The number of aryl methyl sites for hydroxylation is 1. The summed E-state index contributed by atoms with van der Waals surface area (Å²) in [5, 5.41) is 8.07. The second-order valence-corrected chi connectivity index (χ2v) is 6.95. The number of benzene rings is 1. The van der Waals surface area contributed by atoms with Gasteiger partial charge < -0.3 is 10.6 Å². The summed E-state index contributed by atoms with van der Waals surface area (Å²) >= 11 is 6.27. The molecule has 0 unspecified atom stereocenters. The molecule has 4 rings (SSSR count). The van der Waals surface area contributed by atoms with E-state index in [1.165, 1.54) is 0 Å². The van der Waals surface area contributed by atoms with E-state index in [4.69, 9.17) is 11.6 Å².